The van der Waals surface area contributed by atoms with Crippen LogP contribution in [0.15, 0.2) is 24.3 Å². The van der Waals surface area contributed by atoms with Crippen molar-refractivity contribution in [2.45, 2.75) is 31.3 Å². The van der Waals surface area contributed by atoms with Gasteiger partial charge in [0, 0.05) is 17.8 Å². The van der Waals surface area contributed by atoms with E-state index in [1.807, 2.05) is 23.9 Å². The number of rotatable bonds is 4. The van der Waals surface area contributed by atoms with E-state index < -0.39 is 0 Å². The largest absolute Gasteiger partial charge is 0.306 e. The van der Waals surface area contributed by atoms with Crippen LogP contribution in [-0.4, -0.2) is 17.5 Å². The predicted molar refractivity (Wildman–Crippen MR) is 70.7 cm³/mol. The van der Waals surface area contributed by atoms with Gasteiger partial charge in [0.05, 0.1) is 0 Å². The first kappa shape index (κ1) is 11.5. The molecular formula is C14H18FNS. The van der Waals surface area contributed by atoms with Gasteiger partial charge in [0.15, 0.2) is 0 Å². The summed E-state index contributed by atoms with van der Waals surface area (Å²) in [6.07, 6.45) is 3.90. The normalized spacial score (nSPS) is 26.1. The molecule has 0 amide bonds. The number of halogens is 1. The second-order valence-corrected chi connectivity index (χ2v) is 6.24. The van der Waals surface area contributed by atoms with Gasteiger partial charge in [-0.3, -0.25) is 0 Å². The molecule has 92 valence electrons. The summed E-state index contributed by atoms with van der Waals surface area (Å²) in [6, 6.07) is 8.13. The van der Waals surface area contributed by atoms with Gasteiger partial charge in [0.1, 0.15) is 5.82 Å². The quantitative estimate of drug-likeness (QED) is 0.880. The topological polar surface area (TPSA) is 12.0 Å². The van der Waals surface area contributed by atoms with Gasteiger partial charge in [-0.25, -0.2) is 4.39 Å². The summed E-state index contributed by atoms with van der Waals surface area (Å²) in [7, 11) is 0. The molecule has 0 radical (unpaired) electrons. The standard InChI is InChI=1S/C14H18FNS/c15-12-5-3-11(4-6-12)14(10-1-2-10)16-13-7-8-17-9-13/h3-6,10,13-14,16H,1-2,7-9H2. The molecule has 3 heteroatoms. The molecule has 0 bridgehead atoms. The molecule has 0 spiro atoms. The van der Waals surface area contributed by atoms with Crippen LogP contribution < -0.4 is 5.32 Å². The molecule has 1 saturated carbocycles. The van der Waals surface area contributed by atoms with Crippen molar-refractivity contribution in [3.63, 3.8) is 0 Å². The van der Waals surface area contributed by atoms with Crippen LogP contribution in [0.3, 0.4) is 0 Å². The SMILES string of the molecule is Fc1ccc(C(NC2CCSC2)C2CC2)cc1. The van der Waals surface area contributed by atoms with Crippen LogP contribution in [0.5, 0.6) is 0 Å². The smallest absolute Gasteiger partial charge is 0.123 e. The number of nitrogens with one attached hydrogen (secondary N) is 1. The second-order valence-electron chi connectivity index (χ2n) is 5.09. The Hall–Kier alpha value is -0.540. The Morgan fingerprint density at radius 3 is 2.53 bits per heavy atom. The van der Waals surface area contributed by atoms with Crippen molar-refractivity contribution >= 4 is 11.8 Å². The van der Waals surface area contributed by atoms with Gasteiger partial charge in [-0.1, -0.05) is 12.1 Å². The van der Waals surface area contributed by atoms with Gasteiger partial charge in [-0.05, 0) is 48.6 Å². The fourth-order valence-electron chi connectivity index (χ4n) is 2.52. The van der Waals surface area contributed by atoms with E-state index in [4.69, 9.17) is 0 Å². The number of hydrogen-bond donors (Lipinski definition) is 1. The molecule has 3 rings (SSSR count). The van der Waals surface area contributed by atoms with Crippen LogP contribution in [0.1, 0.15) is 30.9 Å². The molecule has 1 N–H and O–H groups in total. The minimum absolute atomic E-state index is 0.139. The maximum Gasteiger partial charge on any atom is 0.123 e. The summed E-state index contributed by atoms with van der Waals surface area (Å²) in [6.45, 7) is 0. The zero-order chi connectivity index (χ0) is 11.7. The van der Waals surface area contributed by atoms with E-state index in [1.165, 1.54) is 36.3 Å². The highest BCUT2D eigenvalue weighted by molar-refractivity contribution is 7.99. The minimum atomic E-state index is -0.139. The summed E-state index contributed by atoms with van der Waals surface area (Å²) in [5.41, 5.74) is 1.26. The van der Waals surface area contributed by atoms with E-state index in [-0.39, 0.29) is 5.82 Å². The molecule has 1 aliphatic heterocycles. The summed E-state index contributed by atoms with van der Waals surface area (Å²) in [5.74, 6) is 3.13. The molecular weight excluding hydrogens is 233 g/mol. The molecule has 1 saturated heterocycles. The monoisotopic (exact) mass is 251 g/mol. The Bertz CT molecular complexity index is 368. The third kappa shape index (κ3) is 2.83. The molecule has 1 aliphatic carbocycles. The average molecular weight is 251 g/mol. The summed E-state index contributed by atoms with van der Waals surface area (Å²) in [5, 5.41) is 3.77. The maximum absolute atomic E-state index is 12.9. The average Bonchev–Trinajstić information content (AvgIpc) is 3.05. The van der Waals surface area contributed by atoms with Crippen molar-refractivity contribution in [2.24, 2.45) is 5.92 Å². The molecule has 2 atom stereocenters. The van der Waals surface area contributed by atoms with Crippen molar-refractivity contribution in [3.05, 3.63) is 35.6 Å². The Kier molecular flexibility index (Phi) is 3.39. The van der Waals surface area contributed by atoms with E-state index in [0.29, 0.717) is 12.1 Å². The zero-order valence-corrected chi connectivity index (χ0v) is 10.7. The van der Waals surface area contributed by atoms with Crippen molar-refractivity contribution in [1.82, 2.24) is 5.32 Å². The van der Waals surface area contributed by atoms with Crippen LogP contribution in [0, 0.1) is 11.7 Å². The van der Waals surface area contributed by atoms with Crippen LogP contribution in [0.25, 0.3) is 0 Å². The first-order chi connectivity index (χ1) is 8.33. The fraction of sp³-hybridized carbons (Fsp3) is 0.571. The molecule has 0 aromatic heterocycles. The Balaban J connectivity index is 1.72. The van der Waals surface area contributed by atoms with Gasteiger partial charge >= 0.3 is 0 Å². The summed E-state index contributed by atoms with van der Waals surface area (Å²) >= 11 is 2.03. The van der Waals surface area contributed by atoms with Crippen LogP contribution >= 0.6 is 11.8 Å². The molecule has 1 nitrogen and oxygen atoms in total. The highest BCUT2D eigenvalue weighted by Crippen LogP contribution is 2.41. The van der Waals surface area contributed by atoms with Crippen LogP contribution in [0.2, 0.25) is 0 Å². The first-order valence-corrected chi connectivity index (χ1v) is 7.57. The summed E-state index contributed by atoms with van der Waals surface area (Å²) in [4.78, 5) is 0. The number of hydrogen-bond acceptors (Lipinski definition) is 2. The molecule has 1 heterocycles. The van der Waals surface area contributed by atoms with Gasteiger partial charge in [-0.2, -0.15) is 11.8 Å². The Labute approximate surface area is 106 Å². The Morgan fingerprint density at radius 1 is 1.18 bits per heavy atom. The first-order valence-electron chi connectivity index (χ1n) is 6.42. The third-order valence-corrected chi connectivity index (χ3v) is 4.83. The molecule has 17 heavy (non-hydrogen) atoms. The highest BCUT2D eigenvalue weighted by Gasteiger charge is 2.34. The van der Waals surface area contributed by atoms with Crippen molar-refractivity contribution in [3.8, 4) is 0 Å². The molecule has 1 aromatic carbocycles. The van der Waals surface area contributed by atoms with Crippen molar-refractivity contribution < 1.29 is 4.39 Å². The predicted octanol–water partition coefficient (Wildman–Crippen LogP) is 3.37. The lowest BCUT2D eigenvalue weighted by molar-refractivity contribution is 0.423. The van der Waals surface area contributed by atoms with E-state index in [0.717, 1.165) is 5.92 Å². The van der Waals surface area contributed by atoms with Gasteiger partial charge in [-0.15, -0.1) is 0 Å². The van der Waals surface area contributed by atoms with Crippen molar-refractivity contribution in [1.29, 1.82) is 0 Å². The molecule has 1 aromatic rings. The van der Waals surface area contributed by atoms with Crippen LogP contribution in [0.4, 0.5) is 4.39 Å². The lowest BCUT2D eigenvalue weighted by atomic mass is 10.0. The van der Waals surface area contributed by atoms with E-state index >= 15 is 0 Å². The van der Waals surface area contributed by atoms with Gasteiger partial charge < -0.3 is 5.32 Å². The number of benzene rings is 1. The lowest BCUT2D eigenvalue weighted by Gasteiger charge is -2.23. The Morgan fingerprint density at radius 2 is 1.94 bits per heavy atom. The van der Waals surface area contributed by atoms with Crippen molar-refractivity contribution in [2.75, 3.05) is 11.5 Å². The third-order valence-electron chi connectivity index (χ3n) is 3.67. The minimum Gasteiger partial charge on any atom is -0.306 e. The van der Waals surface area contributed by atoms with Gasteiger partial charge in [0.2, 0.25) is 0 Å². The lowest BCUT2D eigenvalue weighted by Crippen LogP contribution is -2.33. The molecule has 2 fully saturated rings. The molecule has 2 unspecified atom stereocenters. The van der Waals surface area contributed by atoms with Crippen LogP contribution in [-0.2, 0) is 0 Å². The van der Waals surface area contributed by atoms with E-state index in [2.05, 4.69) is 5.32 Å². The number of thioether (sulfide) groups is 1. The van der Waals surface area contributed by atoms with Gasteiger partial charge in [0.25, 0.3) is 0 Å². The summed E-state index contributed by atoms with van der Waals surface area (Å²) < 4.78 is 12.9. The molecule has 2 aliphatic rings. The highest BCUT2D eigenvalue weighted by atomic mass is 32.2. The maximum atomic E-state index is 12.9. The van der Waals surface area contributed by atoms with E-state index in [9.17, 15) is 4.39 Å². The van der Waals surface area contributed by atoms with E-state index in [1.54, 1.807) is 12.1 Å². The fourth-order valence-corrected chi connectivity index (χ4v) is 3.69. The second kappa shape index (κ2) is 4.99. The zero-order valence-electron chi connectivity index (χ0n) is 9.86.